The lowest BCUT2D eigenvalue weighted by Crippen LogP contribution is -2.24. The number of rotatable bonds is 7. The first-order chi connectivity index (χ1) is 18.1. The number of allylic oxidation sites excluding steroid dienone is 2. The number of carbonyl (C=O) groups is 2. The molecule has 0 N–H and O–H groups in total. The number of hydrogen-bond acceptors (Lipinski definition) is 5. The second-order valence-corrected chi connectivity index (χ2v) is 8.39. The summed E-state index contributed by atoms with van der Waals surface area (Å²) < 4.78 is 11.0. The van der Waals surface area contributed by atoms with Crippen LogP contribution in [-0.4, -0.2) is 25.8 Å². The minimum Gasteiger partial charge on any atom is -0.492 e. The van der Waals surface area contributed by atoms with Gasteiger partial charge >= 0.3 is 0 Å². The molecule has 0 fully saturated rings. The van der Waals surface area contributed by atoms with Crippen LogP contribution in [0, 0.1) is 0 Å². The third-order valence-corrected chi connectivity index (χ3v) is 6.23. The summed E-state index contributed by atoms with van der Waals surface area (Å²) in [5.74, 6) is -0.778. The predicted molar refractivity (Wildman–Crippen MR) is 145 cm³/mol. The molecule has 182 valence electrons. The van der Waals surface area contributed by atoms with Gasteiger partial charge in [0.05, 0.1) is 25.4 Å². The van der Waals surface area contributed by atoms with Crippen molar-refractivity contribution in [3.63, 3.8) is 0 Å². The number of methoxy groups -OCH3 is 2. The summed E-state index contributed by atoms with van der Waals surface area (Å²) >= 11 is 0. The molecule has 4 aromatic carbocycles. The molecule has 0 spiro atoms. The van der Waals surface area contributed by atoms with Crippen LogP contribution in [0.2, 0.25) is 0 Å². The zero-order chi connectivity index (χ0) is 25.8. The number of para-hydroxylation sites is 2. The van der Waals surface area contributed by atoms with E-state index >= 15 is 0 Å². The summed E-state index contributed by atoms with van der Waals surface area (Å²) in [6, 6.07) is 36.6. The molecule has 0 aromatic heterocycles. The van der Waals surface area contributed by atoms with E-state index in [0.717, 1.165) is 17.1 Å². The molecule has 0 aliphatic heterocycles. The smallest absolute Gasteiger partial charge is 0.232 e. The second kappa shape index (κ2) is 10.4. The molecule has 5 rings (SSSR count). The quantitative estimate of drug-likeness (QED) is 0.271. The van der Waals surface area contributed by atoms with E-state index in [1.54, 1.807) is 12.1 Å². The van der Waals surface area contributed by atoms with E-state index < -0.39 is 5.78 Å². The third-order valence-electron chi connectivity index (χ3n) is 6.23. The van der Waals surface area contributed by atoms with Crippen LogP contribution in [-0.2, 0) is 19.1 Å². The molecule has 0 atom stereocenters. The zero-order valence-electron chi connectivity index (χ0n) is 20.5. The number of benzene rings is 4. The number of ketones is 2. The first-order valence-electron chi connectivity index (χ1n) is 11.9. The van der Waals surface area contributed by atoms with Gasteiger partial charge in [0.25, 0.3) is 0 Å². The maximum Gasteiger partial charge on any atom is 0.232 e. The van der Waals surface area contributed by atoms with Gasteiger partial charge in [-0.15, -0.1) is 0 Å². The van der Waals surface area contributed by atoms with Gasteiger partial charge in [0.2, 0.25) is 11.6 Å². The van der Waals surface area contributed by atoms with Gasteiger partial charge in [-0.25, -0.2) is 0 Å². The normalized spacial score (nSPS) is 13.6. The highest BCUT2D eigenvalue weighted by atomic mass is 16.5. The van der Waals surface area contributed by atoms with Gasteiger partial charge in [0.1, 0.15) is 0 Å². The molecule has 1 aliphatic rings. The second-order valence-electron chi connectivity index (χ2n) is 8.39. The first kappa shape index (κ1) is 23.8. The Morgan fingerprint density at radius 3 is 1.22 bits per heavy atom. The Bertz CT molecular complexity index is 1450. The van der Waals surface area contributed by atoms with Crippen LogP contribution in [0.4, 0.5) is 17.1 Å². The SMILES string of the molecule is COC1=C(c2ccccc2)C(=O)C(OC)=C(c2ccc(N(c3ccccc3)c3ccccc3)cc2)C1=O. The van der Waals surface area contributed by atoms with Crippen molar-refractivity contribution < 1.29 is 19.1 Å². The van der Waals surface area contributed by atoms with Crippen LogP contribution in [0.3, 0.4) is 0 Å². The van der Waals surface area contributed by atoms with Gasteiger partial charge in [0, 0.05) is 17.1 Å². The minimum absolute atomic E-state index is 0.000350. The van der Waals surface area contributed by atoms with Gasteiger partial charge in [-0.05, 0) is 47.5 Å². The average molecular weight is 488 g/mol. The van der Waals surface area contributed by atoms with Crippen molar-refractivity contribution in [2.45, 2.75) is 0 Å². The summed E-state index contributed by atoms with van der Waals surface area (Å²) in [6.07, 6.45) is 0. The Morgan fingerprint density at radius 2 is 0.811 bits per heavy atom. The van der Waals surface area contributed by atoms with Gasteiger partial charge in [-0.3, -0.25) is 9.59 Å². The lowest BCUT2D eigenvalue weighted by molar-refractivity contribution is -0.117. The van der Waals surface area contributed by atoms with Gasteiger partial charge < -0.3 is 14.4 Å². The number of anilines is 3. The highest BCUT2D eigenvalue weighted by molar-refractivity contribution is 6.46. The molecule has 5 heteroatoms. The van der Waals surface area contributed by atoms with Crippen LogP contribution in [0.5, 0.6) is 0 Å². The van der Waals surface area contributed by atoms with E-state index in [1.165, 1.54) is 14.2 Å². The molecule has 1 aliphatic carbocycles. The van der Waals surface area contributed by atoms with Crippen molar-refractivity contribution in [3.05, 3.63) is 138 Å². The van der Waals surface area contributed by atoms with Crippen molar-refractivity contribution in [2.24, 2.45) is 0 Å². The monoisotopic (exact) mass is 487 g/mol. The highest BCUT2D eigenvalue weighted by Gasteiger charge is 2.38. The van der Waals surface area contributed by atoms with Crippen molar-refractivity contribution in [3.8, 4) is 0 Å². The Kier molecular flexibility index (Phi) is 6.68. The maximum absolute atomic E-state index is 13.6. The molecule has 4 aromatic rings. The Labute approximate surface area is 215 Å². The van der Waals surface area contributed by atoms with E-state index in [9.17, 15) is 9.59 Å². The maximum atomic E-state index is 13.6. The summed E-state index contributed by atoms with van der Waals surface area (Å²) in [4.78, 5) is 29.3. The fourth-order valence-corrected chi connectivity index (χ4v) is 4.56. The highest BCUT2D eigenvalue weighted by Crippen LogP contribution is 2.38. The largest absolute Gasteiger partial charge is 0.492 e. The summed E-state index contributed by atoms with van der Waals surface area (Å²) in [5, 5.41) is 0. The number of hydrogen-bond donors (Lipinski definition) is 0. The molecule has 0 saturated heterocycles. The number of carbonyl (C=O) groups excluding carboxylic acids is 2. The first-order valence-corrected chi connectivity index (χ1v) is 11.9. The van der Waals surface area contributed by atoms with Crippen LogP contribution in [0.1, 0.15) is 11.1 Å². The van der Waals surface area contributed by atoms with Crippen LogP contribution < -0.4 is 4.90 Å². The van der Waals surface area contributed by atoms with E-state index in [4.69, 9.17) is 9.47 Å². The lowest BCUT2D eigenvalue weighted by atomic mass is 9.86. The van der Waals surface area contributed by atoms with Crippen LogP contribution in [0.15, 0.2) is 127 Å². The van der Waals surface area contributed by atoms with Crippen molar-refractivity contribution in [1.82, 2.24) is 0 Å². The molecule has 0 heterocycles. The van der Waals surface area contributed by atoms with Gasteiger partial charge in [-0.1, -0.05) is 78.9 Å². The molecule has 0 saturated carbocycles. The molecular formula is C32H25NO4. The average Bonchev–Trinajstić information content (AvgIpc) is 2.96. The van der Waals surface area contributed by atoms with E-state index in [-0.39, 0.29) is 28.4 Å². The zero-order valence-corrected chi connectivity index (χ0v) is 20.5. The van der Waals surface area contributed by atoms with E-state index in [2.05, 4.69) is 4.90 Å². The molecule has 5 nitrogen and oxygen atoms in total. The Balaban J connectivity index is 1.58. The van der Waals surface area contributed by atoms with Crippen molar-refractivity contribution >= 4 is 39.8 Å². The van der Waals surface area contributed by atoms with Gasteiger partial charge in [-0.2, -0.15) is 0 Å². The van der Waals surface area contributed by atoms with Crippen LogP contribution >= 0.6 is 0 Å². The summed E-state index contributed by atoms with van der Waals surface area (Å²) in [5.41, 5.74) is 4.46. The molecular weight excluding hydrogens is 462 g/mol. The molecule has 37 heavy (non-hydrogen) atoms. The third kappa shape index (κ3) is 4.43. The number of ether oxygens (including phenoxy) is 2. The number of nitrogens with zero attached hydrogens (tertiary/aromatic N) is 1. The minimum atomic E-state index is -0.395. The molecule has 0 unspecified atom stereocenters. The summed E-state index contributed by atoms with van der Waals surface area (Å²) in [7, 11) is 2.81. The lowest BCUT2D eigenvalue weighted by Gasteiger charge is -2.26. The standard InChI is InChI=1S/C32H25NO4/c1-36-31-27(22-12-6-3-7-13-22)29(34)32(37-2)28(30(31)35)23-18-20-26(21-19-23)33(24-14-8-4-9-15-24)25-16-10-5-11-17-25/h3-21H,1-2H3. The summed E-state index contributed by atoms with van der Waals surface area (Å²) in [6.45, 7) is 0. The van der Waals surface area contributed by atoms with Crippen molar-refractivity contribution in [2.75, 3.05) is 19.1 Å². The van der Waals surface area contributed by atoms with E-state index in [0.29, 0.717) is 11.1 Å². The molecule has 0 radical (unpaired) electrons. The van der Waals surface area contributed by atoms with E-state index in [1.807, 2.05) is 103 Å². The Hall–Kier alpha value is -4.90. The topological polar surface area (TPSA) is 55.8 Å². The van der Waals surface area contributed by atoms with Crippen molar-refractivity contribution in [1.29, 1.82) is 0 Å². The number of Topliss-reactive ketones (excluding diaryl/α,β-unsaturated/α-hetero) is 2. The Morgan fingerprint density at radius 1 is 0.459 bits per heavy atom. The molecule has 0 amide bonds. The fourth-order valence-electron chi connectivity index (χ4n) is 4.56. The predicted octanol–water partition coefficient (Wildman–Crippen LogP) is 6.72. The fraction of sp³-hybridized carbons (Fsp3) is 0.0625. The van der Waals surface area contributed by atoms with Crippen LogP contribution in [0.25, 0.3) is 11.1 Å². The molecule has 0 bridgehead atoms. The van der Waals surface area contributed by atoms with Gasteiger partial charge in [0.15, 0.2) is 11.5 Å².